The van der Waals surface area contributed by atoms with Crippen LogP contribution in [-0.4, -0.2) is 9.91 Å². The predicted molar refractivity (Wildman–Crippen MR) is 92.6 cm³/mol. The monoisotopic (exact) mass is 324 g/mol. The Morgan fingerprint density at radius 2 is 1.92 bits per heavy atom. The van der Waals surface area contributed by atoms with E-state index in [4.69, 9.17) is 5.26 Å². The maximum absolute atomic E-state index is 10.9. The van der Waals surface area contributed by atoms with Crippen LogP contribution in [0, 0.1) is 27.4 Å². The highest BCUT2D eigenvalue weighted by Gasteiger charge is 2.19. The van der Waals surface area contributed by atoms with Gasteiger partial charge < -0.3 is 5.32 Å². The number of nitriles is 1. The van der Waals surface area contributed by atoms with Crippen LogP contribution in [0.1, 0.15) is 43.6 Å². The number of rotatable bonds is 6. The lowest BCUT2D eigenvalue weighted by molar-refractivity contribution is -0.385. The highest BCUT2D eigenvalue weighted by atomic mass is 16.6. The zero-order valence-electron chi connectivity index (χ0n) is 14.0. The van der Waals surface area contributed by atoms with Crippen LogP contribution in [0.15, 0.2) is 36.4 Å². The molecular weight excluding hydrogens is 304 g/mol. The molecule has 0 aliphatic heterocycles. The molecule has 0 amide bonds. The second-order valence-electron chi connectivity index (χ2n) is 5.89. The Kier molecular flexibility index (Phi) is 5.48. The van der Waals surface area contributed by atoms with Crippen molar-refractivity contribution in [2.75, 3.05) is 5.32 Å². The number of hydrogen-bond acceptors (Lipinski definition) is 5. The maximum Gasteiger partial charge on any atom is 0.305 e. The third kappa shape index (κ3) is 3.87. The molecule has 6 nitrogen and oxygen atoms in total. The molecule has 0 fully saturated rings. The molecule has 2 rings (SSSR count). The Morgan fingerprint density at radius 3 is 2.42 bits per heavy atom. The smallest absolute Gasteiger partial charge is 0.305 e. The van der Waals surface area contributed by atoms with Crippen LogP contribution in [0.3, 0.4) is 0 Å². The summed E-state index contributed by atoms with van der Waals surface area (Å²) in [6.45, 7) is 6.28. The number of aryl methyl sites for hydroxylation is 1. The summed E-state index contributed by atoms with van der Waals surface area (Å²) in [6, 6.07) is 13.0. The van der Waals surface area contributed by atoms with Crippen molar-refractivity contribution in [1.82, 2.24) is 4.98 Å². The molecule has 0 radical (unpaired) electrons. The third-order valence-corrected chi connectivity index (χ3v) is 3.89. The number of aromatic nitrogens is 1. The standard InChI is InChI=1S/C18H20N4O2/c1-4-13-5-7-14(8-6-13)18(12(2)3)21-17-10-9-16(22(23)24)15(11-19)20-17/h5-10,12,18H,4H2,1-3H3,(H,20,21). The van der Waals surface area contributed by atoms with E-state index in [0.29, 0.717) is 5.82 Å². The topological polar surface area (TPSA) is 91.9 Å². The van der Waals surface area contributed by atoms with E-state index in [9.17, 15) is 10.1 Å². The van der Waals surface area contributed by atoms with Gasteiger partial charge in [0, 0.05) is 6.07 Å². The van der Waals surface area contributed by atoms with E-state index < -0.39 is 4.92 Å². The van der Waals surface area contributed by atoms with Crippen molar-refractivity contribution in [3.63, 3.8) is 0 Å². The SMILES string of the molecule is CCc1ccc(C(Nc2ccc([N+](=O)[O-])c(C#N)n2)C(C)C)cc1. The van der Waals surface area contributed by atoms with E-state index in [2.05, 4.69) is 55.3 Å². The first-order valence-corrected chi connectivity index (χ1v) is 7.87. The molecule has 124 valence electrons. The molecule has 0 bridgehead atoms. The fourth-order valence-corrected chi connectivity index (χ4v) is 2.52. The minimum absolute atomic E-state index is 0.00333. The van der Waals surface area contributed by atoms with Gasteiger partial charge in [0.15, 0.2) is 0 Å². The van der Waals surface area contributed by atoms with E-state index in [-0.39, 0.29) is 23.3 Å². The van der Waals surface area contributed by atoms with Crippen molar-refractivity contribution in [1.29, 1.82) is 5.26 Å². The first-order valence-electron chi connectivity index (χ1n) is 7.87. The first-order chi connectivity index (χ1) is 11.5. The van der Waals surface area contributed by atoms with Gasteiger partial charge in [-0.05, 0) is 29.5 Å². The minimum Gasteiger partial charge on any atom is -0.363 e. The molecular formula is C18H20N4O2. The van der Waals surface area contributed by atoms with Gasteiger partial charge in [0.1, 0.15) is 11.9 Å². The fraction of sp³-hybridized carbons (Fsp3) is 0.333. The van der Waals surface area contributed by atoms with E-state index >= 15 is 0 Å². The lowest BCUT2D eigenvalue weighted by atomic mass is 9.95. The Bertz CT molecular complexity index is 764. The third-order valence-electron chi connectivity index (χ3n) is 3.89. The number of nitrogens with zero attached hydrogens (tertiary/aromatic N) is 3. The predicted octanol–water partition coefficient (Wildman–Crippen LogP) is 4.23. The highest BCUT2D eigenvalue weighted by Crippen LogP contribution is 2.27. The lowest BCUT2D eigenvalue weighted by Gasteiger charge is -2.23. The second kappa shape index (κ2) is 7.55. The molecule has 1 heterocycles. The largest absolute Gasteiger partial charge is 0.363 e. The van der Waals surface area contributed by atoms with Gasteiger partial charge in [-0.1, -0.05) is 45.0 Å². The average molecular weight is 324 g/mol. The van der Waals surface area contributed by atoms with Crippen molar-refractivity contribution >= 4 is 11.5 Å². The quantitative estimate of drug-likeness (QED) is 0.634. The van der Waals surface area contributed by atoms with E-state index in [1.807, 2.05) is 0 Å². The molecule has 0 aliphatic rings. The molecule has 1 unspecified atom stereocenters. The van der Waals surface area contributed by atoms with Crippen LogP contribution in [0.5, 0.6) is 0 Å². The number of nitro groups is 1. The Morgan fingerprint density at radius 1 is 1.25 bits per heavy atom. The Labute approximate surface area is 141 Å². The van der Waals surface area contributed by atoms with Gasteiger partial charge in [-0.25, -0.2) is 4.98 Å². The molecule has 0 aliphatic carbocycles. The zero-order chi connectivity index (χ0) is 17.7. The van der Waals surface area contributed by atoms with Crippen molar-refractivity contribution in [2.24, 2.45) is 5.92 Å². The fourth-order valence-electron chi connectivity index (χ4n) is 2.52. The second-order valence-corrected chi connectivity index (χ2v) is 5.89. The molecule has 0 saturated heterocycles. The van der Waals surface area contributed by atoms with Gasteiger partial charge in [-0.15, -0.1) is 0 Å². The van der Waals surface area contributed by atoms with E-state index in [1.54, 1.807) is 6.07 Å². The van der Waals surface area contributed by atoms with Crippen LogP contribution in [0.2, 0.25) is 0 Å². The molecule has 1 aromatic carbocycles. The van der Waals surface area contributed by atoms with Gasteiger partial charge in [-0.2, -0.15) is 5.26 Å². The lowest BCUT2D eigenvalue weighted by Crippen LogP contribution is -2.18. The molecule has 2 aromatic rings. The van der Waals surface area contributed by atoms with Gasteiger partial charge in [0.05, 0.1) is 11.0 Å². The Balaban J connectivity index is 2.31. The molecule has 1 aromatic heterocycles. The number of anilines is 1. The molecule has 6 heteroatoms. The molecule has 0 saturated carbocycles. The summed E-state index contributed by atoms with van der Waals surface area (Å²) < 4.78 is 0. The van der Waals surface area contributed by atoms with Gasteiger partial charge in [0.25, 0.3) is 0 Å². The summed E-state index contributed by atoms with van der Waals surface area (Å²) in [4.78, 5) is 14.4. The number of benzene rings is 1. The normalized spacial score (nSPS) is 11.8. The first kappa shape index (κ1) is 17.4. The Hall–Kier alpha value is -2.94. The average Bonchev–Trinajstić information content (AvgIpc) is 2.59. The van der Waals surface area contributed by atoms with Crippen LogP contribution < -0.4 is 5.32 Å². The van der Waals surface area contributed by atoms with Crippen LogP contribution in [-0.2, 0) is 6.42 Å². The van der Waals surface area contributed by atoms with E-state index in [1.165, 1.54) is 17.7 Å². The van der Waals surface area contributed by atoms with Gasteiger partial charge in [0.2, 0.25) is 5.69 Å². The molecule has 24 heavy (non-hydrogen) atoms. The molecule has 1 N–H and O–H groups in total. The summed E-state index contributed by atoms with van der Waals surface area (Å²) in [6.07, 6.45) is 0.982. The van der Waals surface area contributed by atoms with Crippen LogP contribution in [0.25, 0.3) is 0 Å². The van der Waals surface area contributed by atoms with Crippen molar-refractivity contribution in [3.8, 4) is 6.07 Å². The highest BCUT2D eigenvalue weighted by molar-refractivity contribution is 5.51. The molecule has 0 spiro atoms. The van der Waals surface area contributed by atoms with Crippen molar-refractivity contribution in [3.05, 3.63) is 63.3 Å². The van der Waals surface area contributed by atoms with Crippen molar-refractivity contribution < 1.29 is 4.92 Å². The van der Waals surface area contributed by atoms with Gasteiger partial charge in [-0.3, -0.25) is 10.1 Å². The number of hydrogen-bond donors (Lipinski definition) is 1. The maximum atomic E-state index is 10.9. The molecule has 1 atom stereocenters. The van der Waals surface area contributed by atoms with Crippen LogP contribution in [0.4, 0.5) is 11.5 Å². The van der Waals surface area contributed by atoms with Crippen LogP contribution >= 0.6 is 0 Å². The summed E-state index contributed by atoms with van der Waals surface area (Å²) >= 11 is 0. The number of pyridine rings is 1. The number of nitrogens with one attached hydrogen (secondary N) is 1. The van der Waals surface area contributed by atoms with Crippen molar-refractivity contribution in [2.45, 2.75) is 33.2 Å². The summed E-state index contributed by atoms with van der Waals surface area (Å²) in [5, 5.41) is 23.3. The van der Waals surface area contributed by atoms with E-state index in [0.717, 1.165) is 12.0 Å². The summed E-state index contributed by atoms with van der Waals surface area (Å²) in [7, 11) is 0. The minimum atomic E-state index is -0.598. The summed E-state index contributed by atoms with van der Waals surface area (Å²) in [5.41, 5.74) is 1.91. The zero-order valence-corrected chi connectivity index (χ0v) is 14.0. The van der Waals surface area contributed by atoms with Gasteiger partial charge >= 0.3 is 5.69 Å². The summed E-state index contributed by atoms with van der Waals surface area (Å²) in [5.74, 6) is 0.732.